The van der Waals surface area contributed by atoms with E-state index >= 15 is 0 Å². The zero-order valence-electron chi connectivity index (χ0n) is 10.6. The quantitative estimate of drug-likeness (QED) is 0.387. The van der Waals surface area contributed by atoms with Gasteiger partial charge in [0.15, 0.2) is 0 Å². The van der Waals surface area contributed by atoms with E-state index in [1.54, 1.807) is 6.08 Å². The fourth-order valence-electron chi connectivity index (χ4n) is 1.68. The maximum Gasteiger partial charge on any atom is 0.346 e. The normalized spacial score (nSPS) is 15.8. The van der Waals surface area contributed by atoms with Crippen molar-refractivity contribution in [3.05, 3.63) is 23.8 Å². The smallest absolute Gasteiger partial charge is 0.346 e. The minimum Gasteiger partial charge on any atom is -0.386 e. The fourth-order valence-corrected chi connectivity index (χ4v) is 1.68. The summed E-state index contributed by atoms with van der Waals surface area (Å²) in [5.41, 5.74) is 0.359. The molecule has 94 valence electrons. The zero-order valence-corrected chi connectivity index (χ0v) is 10.6. The molecule has 0 unspecified atom stereocenters. The van der Waals surface area contributed by atoms with Crippen LogP contribution in [0.2, 0.25) is 0 Å². The summed E-state index contributed by atoms with van der Waals surface area (Å²) in [6, 6.07) is 0. The van der Waals surface area contributed by atoms with Crippen molar-refractivity contribution in [3.63, 3.8) is 0 Å². The summed E-state index contributed by atoms with van der Waals surface area (Å²) in [7, 11) is 0. The highest BCUT2D eigenvalue weighted by Crippen LogP contribution is 2.12. The Bertz CT molecular complexity index is 337. The second-order valence-electron chi connectivity index (χ2n) is 4.74. The highest BCUT2D eigenvalue weighted by molar-refractivity contribution is 6.10. The van der Waals surface area contributed by atoms with Gasteiger partial charge in [-0.1, -0.05) is 45.3 Å². The average molecular weight is 236 g/mol. The van der Waals surface area contributed by atoms with Gasteiger partial charge in [-0.2, -0.15) is 0 Å². The van der Waals surface area contributed by atoms with Gasteiger partial charge in [0, 0.05) is 6.08 Å². The van der Waals surface area contributed by atoms with Gasteiger partial charge in [0.25, 0.3) is 0 Å². The van der Waals surface area contributed by atoms with E-state index in [-0.39, 0.29) is 0 Å². The fraction of sp³-hybridized carbons (Fsp3) is 0.571. The molecule has 1 aliphatic heterocycles. The molecule has 0 N–H and O–H groups in total. The van der Waals surface area contributed by atoms with E-state index in [9.17, 15) is 9.59 Å². The molecular weight excluding hydrogens is 216 g/mol. The molecule has 0 bridgehead atoms. The number of allylic oxidation sites excluding steroid dienone is 1. The number of rotatable bonds is 7. The van der Waals surface area contributed by atoms with Crippen LogP contribution >= 0.6 is 0 Å². The molecule has 0 amide bonds. The Morgan fingerprint density at radius 3 is 2.59 bits per heavy atom. The molecule has 0 aromatic heterocycles. The van der Waals surface area contributed by atoms with Gasteiger partial charge in [-0.25, -0.2) is 9.59 Å². The molecule has 1 aliphatic rings. The maximum atomic E-state index is 11.1. The molecule has 0 fully saturated rings. The second-order valence-corrected chi connectivity index (χ2v) is 4.74. The molecule has 17 heavy (non-hydrogen) atoms. The summed E-state index contributed by atoms with van der Waals surface area (Å²) < 4.78 is 4.37. The molecule has 0 atom stereocenters. The summed E-state index contributed by atoms with van der Waals surface area (Å²) in [6.45, 7) is 4.46. The number of ether oxygens (including phenoxy) is 1. The largest absolute Gasteiger partial charge is 0.386 e. The van der Waals surface area contributed by atoms with Gasteiger partial charge in [-0.05, 0) is 18.8 Å². The third kappa shape index (κ3) is 5.48. The van der Waals surface area contributed by atoms with Crippen LogP contribution in [-0.2, 0) is 14.3 Å². The van der Waals surface area contributed by atoms with Gasteiger partial charge in [-0.15, -0.1) is 0 Å². The van der Waals surface area contributed by atoms with Crippen LogP contribution in [0.25, 0.3) is 0 Å². The molecule has 3 heteroatoms. The Balaban J connectivity index is 2.12. The van der Waals surface area contributed by atoms with Crippen LogP contribution in [0.3, 0.4) is 0 Å². The molecule has 1 rings (SSSR count). The Morgan fingerprint density at radius 2 is 2.00 bits per heavy atom. The third-order valence-electron chi connectivity index (χ3n) is 2.65. The summed E-state index contributed by atoms with van der Waals surface area (Å²) in [4.78, 5) is 21.8. The van der Waals surface area contributed by atoms with Crippen LogP contribution < -0.4 is 0 Å². The summed E-state index contributed by atoms with van der Waals surface area (Å²) >= 11 is 0. The number of unbranched alkanes of at least 4 members (excludes halogenated alkanes) is 3. The van der Waals surface area contributed by atoms with Gasteiger partial charge in [0.2, 0.25) is 0 Å². The minimum absolute atomic E-state index is 0.359. The molecule has 0 aromatic rings. The predicted octanol–water partition coefficient (Wildman–Crippen LogP) is 3.16. The first-order chi connectivity index (χ1) is 8.09. The Kier molecular flexibility index (Phi) is 5.67. The average Bonchev–Trinajstić information content (AvgIpc) is 2.55. The van der Waals surface area contributed by atoms with Crippen molar-refractivity contribution >= 4 is 11.9 Å². The lowest BCUT2D eigenvalue weighted by Gasteiger charge is -2.02. The SMILES string of the molecule is CC(C)CCCCC/C=C/C1=CC(=O)OC1=O. The topological polar surface area (TPSA) is 43.4 Å². The van der Waals surface area contributed by atoms with Crippen LogP contribution in [0.15, 0.2) is 23.8 Å². The van der Waals surface area contributed by atoms with Crippen LogP contribution in [0.4, 0.5) is 0 Å². The second kappa shape index (κ2) is 7.05. The summed E-state index contributed by atoms with van der Waals surface area (Å²) in [5, 5.41) is 0. The van der Waals surface area contributed by atoms with Crippen LogP contribution in [0, 0.1) is 5.92 Å². The zero-order chi connectivity index (χ0) is 12.7. The van der Waals surface area contributed by atoms with Crippen molar-refractivity contribution in [2.24, 2.45) is 5.92 Å². The summed E-state index contributed by atoms with van der Waals surface area (Å²) in [5.74, 6) is -0.326. The molecule has 0 radical (unpaired) electrons. The molecule has 3 nitrogen and oxygen atoms in total. The lowest BCUT2D eigenvalue weighted by molar-refractivity contribution is -0.150. The Labute approximate surface area is 103 Å². The first-order valence-electron chi connectivity index (χ1n) is 6.24. The molecular formula is C14H20O3. The molecule has 0 saturated heterocycles. The van der Waals surface area contributed by atoms with E-state index in [2.05, 4.69) is 18.6 Å². The van der Waals surface area contributed by atoms with E-state index in [0.29, 0.717) is 5.57 Å². The lowest BCUT2D eigenvalue weighted by atomic mass is 10.0. The van der Waals surface area contributed by atoms with Crippen molar-refractivity contribution in [3.8, 4) is 0 Å². The van der Waals surface area contributed by atoms with Crippen molar-refractivity contribution in [2.75, 3.05) is 0 Å². The van der Waals surface area contributed by atoms with Crippen LogP contribution in [-0.4, -0.2) is 11.9 Å². The van der Waals surface area contributed by atoms with E-state index in [1.807, 2.05) is 6.08 Å². The highest BCUT2D eigenvalue weighted by Gasteiger charge is 2.20. The van der Waals surface area contributed by atoms with E-state index in [1.165, 1.54) is 25.3 Å². The maximum absolute atomic E-state index is 11.1. The minimum atomic E-state index is -0.563. The van der Waals surface area contributed by atoms with Gasteiger partial charge in [0.05, 0.1) is 5.57 Å². The number of hydrogen-bond donors (Lipinski definition) is 0. The third-order valence-corrected chi connectivity index (χ3v) is 2.65. The molecule has 0 aromatic carbocycles. The lowest BCUT2D eigenvalue weighted by Crippen LogP contribution is -2.00. The van der Waals surface area contributed by atoms with Crippen molar-refractivity contribution in [1.29, 1.82) is 0 Å². The van der Waals surface area contributed by atoms with E-state index < -0.39 is 11.9 Å². The monoisotopic (exact) mass is 236 g/mol. The number of hydrogen-bond acceptors (Lipinski definition) is 3. The Hall–Kier alpha value is -1.38. The van der Waals surface area contributed by atoms with Gasteiger partial charge < -0.3 is 4.74 Å². The van der Waals surface area contributed by atoms with Gasteiger partial charge in [-0.3, -0.25) is 0 Å². The van der Waals surface area contributed by atoms with E-state index in [0.717, 1.165) is 18.8 Å². The first kappa shape index (κ1) is 13.7. The molecule has 0 spiro atoms. The van der Waals surface area contributed by atoms with Gasteiger partial charge >= 0.3 is 11.9 Å². The number of carbonyl (C=O) groups excluding carboxylic acids is 2. The highest BCUT2D eigenvalue weighted by atomic mass is 16.6. The number of carbonyl (C=O) groups is 2. The standard InChI is InChI=1S/C14H20O3/c1-11(2)8-6-4-3-5-7-9-12-10-13(15)17-14(12)16/h7,9-11H,3-6,8H2,1-2H3/b9-7+. The van der Waals surface area contributed by atoms with Crippen LogP contribution in [0.5, 0.6) is 0 Å². The first-order valence-corrected chi connectivity index (χ1v) is 6.24. The van der Waals surface area contributed by atoms with Crippen LogP contribution in [0.1, 0.15) is 46.0 Å². The van der Waals surface area contributed by atoms with Gasteiger partial charge in [0.1, 0.15) is 0 Å². The summed E-state index contributed by atoms with van der Waals surface area (Å²) in [6.07, 6.45) is 10.7. The van der Waals surface area contributed by atoms with Crippen molar-refractivity contribution < 1.29 is 14.3 Å². The molecule has 0 aliphatic carbocycles. The number of esters is 2. The predicted molar refractivity (Wildman–Crippen MR) is 66.2 cm³/mol. The van der Waals surface area contributed by atoms with Crippen molar-refractivity contribution in [1.82, 2.24) is 0 Å². The van der Waals surface area contributed by atoms with Crippen molar-refractivity contribution in [2.45, 2.75) is 46.0 Å². The Morgan fingerprint density at radius 1 is 1.24 bits per heavy atom. The van der Waals surface area contributed by atoms with E-state index in [4.69, 9.17) is 0 Å². The molecule has 0 saturated carbocycles. The number of cyclic esters (lactones) is 2. The molecule has 1 heterocycles.